The van der Waals surface area contributed by atoms with Crippen LogP contribution in [0.4, 0.5) is 5.69 Å². The molecule has 97 heavy (non-hydrogen) atoms. The molecule has 3 aliphatic heterocycles. The Hall–Kier alpha value is -6.31. The van der Waals surface area contributed by atoms with Crippen molar-refractivity contribution >= 4 is 63.4 Å². The fourth-order valence-electron chi connectivity index (χ4n) is 13.6. The first-order valence-corrected chi connectivity index (χ1v) is 35.8. The van der Waals surface area contributed by atoms with E-state index in [1.165, 1.54) is 49.3 Å². The number of rotatable bonds is 33. The van der Waals surface area contributed by atoms with Crippen molar-refractivity contribution in [2.24, 2.45) is 17.8 Å². The van der Waals surface area contributed by atoms with E-state index >= 15 is 0 Å². The van der Waals surface area contributed by atoms with Gasteiger partial charge in [0.1, 0.15) is 34.2 Å². The summed E-state index contributed by atoms with van der Waals surface area (Å²) in [5, 5.41) is 123. The van der Waals surface area contributed by atoms with E-state index in [0.717, 1.165) is 90.4 Å². The Balaban J connectivity index is 0.924. The molecule has 3 aromatic rings. The molecule has 0 unspecified atom stereocenters. The number of hydrogen-bond acceptors (Lipinski definition) is 25. The maximum atomic E-state index is 14.7. The van der Waals surface area contributed by atoms with Gasteiger partial charge in [0, 0.05) is 94.3 Å². The van der Waals surface area contributed by atoms with Crippen LogP contribution in [0.1, 0.15) is 108 Å². The molecule has 0 spiro atoms. The van der Waals surface area contributed by atoms with Crippen LogP contribution in [0.5, 0.6) is 11.5 Å². The number of β-amino-alcohol motifs (C(OH)–C–C–N with tert-alkyl or cyclic N) is 2. The number of anilines is 1. The zero-order valence-electron chi connectivity index (χ0n) is 55.1. The Bertz CT molecular complexity index is 3170. The number of likely N-dealkylation sites (tertiary alicyclic amines) is 2. The van der Waals surface area contributed by atoms with E-state index in [1.807, 2.05) is 0 Å². The average molecular weight is 1400 g/mol. The monoisotopic (exact) mass is 1400 g/mol. The van der Waals surface area contributed by atoms with Gasteiger partial charge in [0.05, 0.1) is 61.9 Å². The van der Waals surface area contributed by atoms with Gasteiger partial charge in [0.2, 0.25) is 35.9 Å². The van der Waals surface area contributed by atoms with Crippen LogP contribution in [-0.2, 0) is 45.6 Å². The smallest absolute Gasteiger partial charge is 0.446 e. The minimum atomic E-state index is -5.20. The largest absolute Gasteiger partial charge is 0.504 e. The number of nitrogens with one attached hydrogen (secondary N) is 6. The lowest BCUT2D eigenvalue weighted by atomic mass is 9.82. The van der Waals surface area contributed by atoms with Gasteiger partial charge in [-0.25, -0.2) is 0 Å². The molecule has 2 aliphatic carbocycles. The van der Waals surface area contributed by atoms with Crippen LogP contribution in [0.25, 0.3) is 10.6 Å². The van der Waals surface area contributed by atoms with Crippen LogP contribution in [0, 0.1) is 17.8 Å². The molecule has 0 bridgehead atoms. The summed E-state index contributed by atoms with van der Waals surface area (Å²) < 4.78 is 37.0. The van der Waals surface area contributed by atoms with Crippen molar-refractivity contribution in [3.05, 3.63) is 53.0 Å². The van der Waals surface area contributed by atoms with Crippen molar-refractivity contribution in [1.29, 1.82) is 0 Å². The first kappa shape index (κ1) is 76.4. The van der Waals surface area contributed by atoms with Crippen molar-refractivity contribution < 1.29 is 91.9 Å². The molecule has 0 radical (unpaired) electrons. The maximum absolute atomic E-state index is 14.7. The highest BCUT2D eigenvalue weighted by Gasteiger charge is 2.46. The normalized spacial score (nSPS) is 25.1. The van der Waals surface area contributed by atoms with Gasteiger partial charge >= 0.3 is 10.4 Å². The Morgan fingerprint density at radius 3 is 2.09 bits per heavy atom. The van der Waals surface area contributed by atoms with Gasteiger partial charge < -0.3 is 96.7 Å². The summed E-state index contributed by atoms with van der Waals surface area (Å²) >= 11 is 1.57. The van der Waals surface area contributed by atoms with Crippen LogP contribution < -0.4 is 41.0 Å². The summed E-state index contributed by atoms with van der Waals surface area (Å²) in [4.78, 5) is 91.1. The van der Waals surface area contributed by atoms with E-state index in [1.54, 1.807) is 18.3 Å². The number of aliphatic hydroxyl groups excluding tert-OH is 8. The molecular weight excluding hydrogens is 1300 g/mol. The lowest BCUT2D eigenvalue weighted by molar-refractivity contribution is -0.145. The zero-order chi connectivity index (χ0) is 70.3. The van der Waals surface area contributed by atoms with Crippen molar-refractivity contribution in [2.75, 3.05) is 83.6 Å². The summed E-state index contributed by atoms with van der Waals surface area (Å²) in [6, 6.07) is 2.72. The lowest BCUT2D eigenvalue weighted by Crippen LogP contribution is -2.63. The molecule has 2 saturated carbocycles. The van der Waals surface area contributed by atoms with Gasteiger partial charge in [-0.05, 0) is 138 Å². The molecule has 5 aliphatic rings. The zero-order valence-corrected chi connectivity index (χ0v) is 56.7. The molecular formula is C64H98N12O19S2. The minimum absolute atomic E-state index is 0.00377. The number of phenolic OH excluding ortho intramolecular Hbond substituents is 1. The standard InChI is InChI=1S/C64H98N12O19S2/c1-36-4-13-44(14-5-36)73-20-22-74(23-21-73)45-15-11-42(12-16-45)62-72-71-61(96-62)41-9-6-39(7-10-41)28-67-48(26-46(81)29-65-35-79)58(87)68-55(38(3)80)64(91)76-31-47(82)27-49(76)59(88)69-56(52(85)24-40-8-17-50(83)54(25-40)95-97(92,93)94)60(89)70-57(51(84)18-19-66-43(33-77)34-78)63(90)75-30-37(2)53(86)32-75/h8,11-12,15-17,25,35-39,41,43-44,46-49,51-53,55-57,66-67,77-78,80-86H,4-7,9-10,13-14,18-24,26-34H2,1-3H3,(H,65,79)(H,68,87)(H,69,88)(H,70,89)(H,92,93,94)/t36?,37-,38+,39?,41?,44?,46+,47+,48-,49-,51+,52+,53+,55-,56-,57-/m0/s1. The number of aromatic hydroxyl groups is 1. The predicted octanol–water partition coefficient (Wildman–Crippen LogP) is -2.54. The van der Waals surface area contributed by atoms with Crippen molar-refractivity contribution in [2.45, 2.75) is 183 Å². The molecule has 540 valence electrons. The number of aromatic nitrogens is 2. The van der Waals surface area contributed by atoms with E-state index in [0.29, 0.717) is 19.0 Å². The molecule has 33 heteroatoms. The van der Waals surface area contributed by atoms with Crippen molar-refractivity contribution in [3.63, 3.8) is 0 Å². The van der Waals surface area contributed by atoms with Crippen molar-refractivity contribution in [3.8, 4) is 22.1 Å². The molecule has 5 fully saturated rings. The van der Waals surface area contributed by atoms with E-state index in [-0.39, 0.29) is 56.4 Å². The molecule has 16 N–H and O–H groups in total. The fourth-order valence-corrected chi connectivity index (χ4v) is 15.0. The van der Waals surface area contributed by atoms with Crippen LogP contribution in [0.15, 0.2) is 42.5 Å². The highest BCUT2D eigenvalue weighted by molar-refractivity contribution is 7.81. The van der Waals surface area contributed by atoms with Crippen LogP contribution in [0.2, 0.25) is 0 Å². The molecule has 3 saturated heterocycles. The Morgan fingerprint density at radius 1 is 0.784 bits per heavy atom. The number of carbonyl (C=O) groups is 6. The number of phenols is 1. The fraction of sp³-hybridized carbons (Fsp3) is 0.688. The summed E-state index contributed by atoms with van der Waals surface area (Å²) in [7, 11) is -5.20. The second-order valence-electron chi connectivity index (χ2n) is 26.9. The number of piperazine rings is 1. The molecule has 12 atom stereocenters. The number of carbonyl (C=O) groups excluding carboxylic acids is 6. The number of amides is 6. The van der Waals surface area contributed by atoms with Crippen LogP contribution in [0.3, 0.4) is 0 Å². The van der Waals surface area contributed by atoms with Crippen LogP contribution >= 0.6 is 11.3 Å². The third-order valence-electron chi connectivity index (χ3n) is 19.5. The van der Waals surface area contributed by atoms with Gasteiger partial charge in [0.15, 0.2) is 11.5 Å². The second kappa shape index (κ2) is 35.6. The summed E-state index contributed by atoms with van der Waals surface area (Å²) in [5.41, 5.74) is 2.13. The van der Waals surface area contributed by atoms with Gasteiger partial charge in [0.25, 0.3) is 0 Å². The molecule has 31 nitrogen and oxygen atoms in total. The van der Waals surface area contributed by atoms with E-state index < -0.39 is 163 Å². The molecule has 6 amide bonds. The topological polar surface area (TPSA) is 459 Å². The Kier molecular flexibility index (Phi) is 28.1. The SMILES string of the molecule is CC1CCC(N2CCN(c3ccc(-c4nnc(C5CCC(CN[C@@H](C[C@@H](O)CNC=O)C(=O)N[C@H](C(=O)N6C[C@H](O)C[C@H]6C(=O)N[C@H](C(=O)N[C@H](C(=O)N6C[C@@H](O)[C@@H](C)C6)[C@H](O)CCNC(CO)CO)[C@H](O)Cc6ccc(O)c(OS(=O)(=O)O)c6)[C@@H](C)O)CC5)s4)cc3)CC2)CC1. The van der Waals surface area contributed by atoms with Gasteiger partial charge in [-0.1, -0.05) is 31.3 Å². The molecule has 1 aromatic heterocycles. The highest BCUT2D eigenvalue weighted by Crippen LogP contribution is 2.39. The molecule has 2 aromatic carbocycles. The van der Waals surface area contributed by atoms with Crippen LogP contribution in [-0.4, -0.2) is 277 Å². The number of hydrogen-bond donors (Lipinski definition) is 16. The first-order chi connectivity index (χ1) is 46.2. The maximum Gasteiger partial charge on any atom is 0.446 e. The molecule has 8 rings (SSSR count). The number of benzene rings is 2. The third-order valence-corrected chi connectivity index (χ3v) is 21.1. The number of nitrogens with zero attached hydrogens (tertiary/aromatic N) is 6. The Labute approximate surface area is 568 Å². The minimum Gasteiger partial charge on any atom is -0.504 e. The summed E-state index contributed by atoms with van der Waals surface area (Å²) in [6.07, 6.45) is -2.18. The average Bonchev–Trinajstić information content (AvgIpc) is 1.71. The summed E-state index contributed by atoms with van der Waals surface area (Å²) in [6.45, 7) is 7.55. The van der Waals surface area contributed by atoms with E-state index in [4.69, 9.17) is 0 Å². The second-order valence-corrected chi connectivity index (χ2v) is 28.9. The van der Waals surface area contributed by atoms with Gasteiger partial charge in [-0.2, -0.15) is 8.42 Å². The quantitative estimate of drug-likeness (QED) is 0.0221. The molecule has 4 heterocycles. The third kappa shape index (κ3) is 21.4. The van der Waals surface area contributed by atoms with Gasteiger partial charge in [-0.15, -0.1) is 10.2 Å². The Morgan fingerprint density at radius 2 is 1.46 bits per heavy atom. The van der Waals surface area contributed by atoms with Crippen molar-refractivity contribution in [1.82, 2.24) is 56.8 Å². The number of aliphatic hydroxyl groups is 8. The van der Waals surface area contributed by atoms with Gasteiger partial charge in [-0.3, -0.25) is 38.2 Å². The van der Waals surface area contributed by atoms with E-state index in [2.05, 4.69) is 87.3 Å². The first-order valence-electron chi connectivity index (χ1n) is 33.6. The summed E-state index contributed by atoms with van der Waals surface area (Å²) in [5.74, 6) is -6.26. The lowest BCUT2D eigenvalue weighted by Gasteiger charge is -2.42. The highest BCUT2D eigenvalue weighted by atomic mass is 32.3. The predicted molar refractivity (Wildman–Crippen MR) is 354 cm³/mol. The van der Waals surface area contributed by atoms with E-state index in [9.17, 15) is 87.7 Å².